The number of carbonyl (C=O) groups is 1. The number of fused-ring (bicyclic) bond motifs is 1. The summed E-state index contributed by atoms with van der Waals surface area (Å²) in [5, 5.41) is 1.06. The zero-order chi connectivity index (χ0) is 21.0. The number of rotatable bonds is 10. The van der Waals surface area contributed by atoms with Crippen LogP contribution in [0, 0.1) is 5.41 Å². The molecule has 3 heterocycles. The Morgan fingerprint density at radius 2 is 2.10 bits per heavy atom. The molecule has 0 aromatic carbocycles. The number of pyridine rings is 1. The fourth-order valence-corrected chi connectivity index (χ4v) is 3.63. The number of carbonyl (C=O) groups excluding carboxylic acids is 1. The number of nitrogens with one attached hydrogen (secondary N) is 2. The maximum absolute atomic E-state index is 12.1. The molecule has 3 aromatic rings. The first-order valence-corrected chi connectivity index (χ1v) is 10.4. The van der Waals surface area contributed by atoms with Crippen molar-refractivity contribution in [1.82, 2.24) is 19.9 Å². The van der Waals surface area contributed by atoms with Crippen LogP contribution in [0.3, 0.4) is 0 Å². The second-order valence-electron chi connectivity index (χ2n) is 8.34. The zero-order valence-corrected chi connectivity index (χ0v) is 17.2. The van der Waals surface area contributed by atoms with Crippen molar-refractivity contribution in [2.24, 2.45) is 5.41 Å². The molecule has 30 heavy (non-hydrogen) atoms. The SMILES string of the molecule is CC1(CN(CCC/C=C/CC(=O)c2cccc(=O)[nH]2)c2ncnc3[nH]ccc23)CC1. The van der Waals surface area contributed by atoms with E-state index in [-0.39, 0.29) is 17.8 Å². The molecule has 0 bridgehead atoms. The number of allylic oxidation sites excluding steroid dienone is 2. The molecule has 4 rings (SSSR count). The average Bonchev–Trinajstić information content (AvgIpc) is 3.26. The number of ketones is 1. The standard InChI is InChI=1S/C23H27N5O2/c1-23(11-12-23)15-28(22-17-10-13-24-21(17)25-16-26-22)14-5-3-2-4-8-19(29)18-7-6-9-20(30)27-18/h2,4,6-7,9-10,13,16H,3,5,8,11-12,14-15H2,1H3,(H,27,30)(H,24,25,26)/b4-2+. The van der Waals surface area contributed by atoms with E-state index < -0.39 is 0 Å². The first-order valence-electron chi connectivity index (χ1n) is 10.4. The number of hydrogen-bond acceptors (Lipinski definition) is 5. The molecule has 3 aromatic heterocycles. The van der Waals surface area contributed by atoms with Gasteiger partial charge < -0.3 is 14.9 Å². The molecule has 0 spiro atoms. The van der Waals surface area contributed by atoms with E-state index >= 15 is 0 Å². The molecule has 0 saturated heterocycles. The Balaban J connectivity index is 1.33. The lowest BCUT2D eigenvalue weighted by molar-refractivity contribution is 0.0990. The molecule has 1 aliphatic carbocycles. The third kappa shape index (κ3) is 4.84. The summed E-state index contributed by atoms with van der Waals surface area (Å²) in [5.41, 5.74) is 1.34. The van der Waals surface area contributed by atoms with Gasteiger partial charge in [-0.2, -0.15) is 0 Å². The molecule has 7 heteroatoms. The number of nitrogens with zero attached hydrogens (tertiary/aromatic N) is 3. The molecular weight excluding hydrogens is 378 g/mol. The third-order valence-corrected chi connectivity index (χ3v) is 5.65. The topological polar surface area (TPSA) is 94.7 Å². The van der Waals surface area contributed by atoms with Gasteiger partial charge >= 0.3 is 0 Å². The summed E-state index contributed by atoms with van der Waals surface area (Å²) in [5.74, 6) is 0.907. The quantitative estimate of drug-likeness (QED) is 0.303. The van der Waals surface area contributed by atoms with Gasteiger partial charge in [-0.3, -0.25) is 9.59 Å². The molecule has 1 aliphatic rings. The van der Waals surface area contributed by atoms with E-state index in [1.165, 1.54) is 18.9 Å². The van der Waals surface area contributed by atoms with Gasteiger partial charge in [-0.15, -0.1) is 0 Å². The van der Waals surface area contributed by atoms with Gasteiger partial charge in [0.25, 0.3) is 0 Å². The molecule has 7 nitrogen and oxygen atoms in total. The van der Waals surface area contributed by atoms with Crippen molar-refractivity contribution in [3.05, 3.63) is 65.0 Å². The molecule has 1 saturated carbocycles. The highest BCUT2D eigenvalue weighted by Crippen LogP contribution is 2.46. The van der Waals surface area contributed by atoms with Crippen LogP contribution in [0.2, 0.25) is 0 Å². The van der Waals surface area contributed by atoms with Crippen LogP contribution in [-0.4, -0.2) is 38.8 Å². The van der Waals surface area contributed by atoms with Crippen LogP contribution in [0.25, 0.3) is 11.0 Å². The number of aromatic amines is 2. The number of H-pyrrole nitrogens is 2. The van der Waals surface area contributed by atoms with Gasteiger partial charge in [0.1, 0.15) is 17.8 Å². The lowest BCUT2D eigenvalue weighted by Gasteiger charge is -2.27. The van der Waals surface area contributed by atoms with Crippen LogP contribution in [-0.2, 0) is 0 Å². The minimum atomic E-state index is -0.254. The van der Waals surface area contributed by atoms with E-state index in [9.17, 15) is 9.59 Å². The maximum atomic E-state index is 12.1. The molecular formula is C23H27N5O2. The highest BCUT2D eigenvalue weighted by atomic mass is 16.1. The van der Waals surface area contributed by atoms with E-state index in [1.54, 1.807) is 18.5 Å². The number of anilines is 1. The normalized spacial score (nSPS) is 15.0. The van der Waals surface area contributed by atoms with Gasteiger partial charge in [0.2, 0.25) is 5.56 Å². The maximum Gasteiger partial charge on any atom is 0.248 e. The minimum Gasteiger partial charge on any atom is -0.355 e. The summed E-state index contributed by atoms with van der Waals surface area (Å²) in [7, 11) is 0. The summed E-state index contributed by atoms with van der Waals surface area (Å²) in [6.45, 7) is 4.22. The van der Waals surface area contributed by atoms with Crippen LogP contribution < -0.4 is 10.5 Å². The summed E-state index contributed by atoms with van der Waals surface area (Å²) in [4.78, 5) is 40.4. The lowest BCUT2D eigenvalue weighted by Crippen LogP contribution is -2.31. The molecule has 0 atom stereocenters. The van der Waals surface area contributed by atoms with Crippen LogP contribution >= 0.6 is 0 Å². The first kappa shape index (κ1) is 20.1. The fourth-order valence-electron chi connectivity index (χ4n) is 3.63. The Morgan fingerprint density at radius 3 is 2.90 bits per heavy atom. The number of aromatic nitrogens is 4. The second-order valence-corrected chi connectivity index (χ2v) is 8.34. The average molecular weight is 406 g/mol. The van der Waals surface area contributed by atoms with Crippen molar-refractivity contribution < 1.29 is 4.79 Å². The molecule has 156 valence electrons. The van der Waals surface area contributed by atoms with Gasteiger partial charge in [0, 0.05) is 31.8 Å². The van der Waals surface area contributed by atoms with Crippen LogP contribution in [0.4, 0.5) is 5.82 Å². The van der Waals surface area contributed by atoms with Crippen molar-refractivity contribution in [1.29, 1.82) is 0 Å². The highest BCUT2D eigenvalue weighted by molar-refractivity contribution is 5.95. The Hall–Kier alpha value is -3.22. The summed E-state index contributed by atoms with van der Waals surface area (Å²) < 4.78 is 0. The first-order chi connectivity index (χ1) is 14.5. The molecule has 0 amide bonds. The molecule has 0 radical (unpaired) electrons. The zero-order valence-electron chi connectivity index (χ0n) is 17.2. The minimum absolute atomic E-state index is 0.0805. The summed E-state index contributed by atoms with van der Waals surface area (Å²) in [6, 6.07) is 6.67. The number of hydrogen-bond donors (Lipinski definition) is 2. The highest BCUT2D eigenvalue weighted by Gasteiger charge is 2.39. The Morgan fingerprint density at radius 1 is 1.23 bits per heavy atom. The number of unbranched alkanes of at least 4 members (excludes halogenated alkanes) is 1. The largest absolute Gasteiger partial charge is 0.355 e. The van der Waals surface area contributed by atoms with Crippen molar-refractivity contribution in [3.63, 3.8) is 0 Å². The Kier molecular flexibility index (Phi) is 5.79. The summed E-state index contributed by atoms with van der Waals surface area (Å²) >= 11 is 0. The van der Waals surface area contributed by atoms with E-state index in [4.69, 9.17) is 0 Å². The predicted molar refractivity (Wildman–Crippen MR) is 118 cm³/mol. The fraction of sp³-hybridized carbons (Fsp3) is 0.391. The molecule has 2 N–H and O–H groups in total. The van der Waals surface area contributed by atoms with Gasteiger partial charge in [0.05, 0.1) is 11.1 Å². The van der Waals surface area contributed by atoms with Crippen molar-refractivity contribution in [3.8, 4) is 0 Å². The number of Topliss-reactive ketones (excluding diaryl/α,β-unsaturated/α-hetero) is 1. The van der Waals surface area contributed by atoms with E-state index in [0.717, 1.165) is 42.8 Å². The van der Waals surface area contributed by atoms with Crippen LogP contribution in [0.5, 0.6) is 0 Å². The van der Waals surface area contributed by atoms with E-state index in [2.05, 4.69) is 31.8 Å². The smallest absolute Gasteiger partial charge is 0.248 e. The third-order valence-electron chi connectivity index (χ3n) is 5.65. The van der Waals surface area contributed by atoms with Crippen LogP contribution in [0.15, 0.2) is 53.7 Å². The van der Waals surface area contributed by atoms with E-state index in [1.807, 2.05) is 24.4 Å². The van der Waals surface area contributed by atoms with Crippen molar-refractivity contribution >= 4 is 22.6 Å². The lowest BCUT2D eigenvalue weighted by atomic mass is 10.1. The Bertz CT molecular complexity index is 1110. The van der Waals surface area contributed by atoms with Gasteiger partial charge in [-0.1, -0.05) is 25.1 Å². The van der Waals surface area contributed by atoms with Crippen molar-refractivity contribution in [2.45, 2.75) is 39.0 Å². The molecule has 1 fully saturated rings. The summed E-state index contributed by atoms with van der Waals surface area (Å²) in [6.07, 6.45) is 12.1. The Labute approximate surface area is 175 Å². The van der Waals surface area contributed by atoms with Gasteiger partial charge in [-0.25, -0.2) is 9.97 Å². The van der Waals surface area contributed by atoms with Crippen molar-refractivity contribution in [2.75, 3.05) is 18.0 Å². The van der Waals surface area contributed by atoms with Gasteiger partial charge in [-0.05, 0) is 43.2 Å². The van der Waals surface area contributed by atoms with Gasteiger partial charge in [0.15, 0.2) is 5.78 Å². The van der Waals surface area contributed by atoms with E-state index in [0.29, 0.717) is 11.1 Å². The second kappa shape index (κ2) is 8.65. The predicted octanol–water partition coefficient (Wildman–Crippen LogP) is 3.86. The molecule has 0 unspecified atom stereocenters. The molecule has 0 aliphatic heterocycles. The monoisotopic (exact) mass is 405 g/mol. The van der Waals surface area contributed by atoms with Crippen LogP contribution in [0.1, 0.15) is 49.5 Å².